The molecule has 27 heavy (non-hydrogen) atoms. The normalized spacial score (nSPS) is 11.8. The van der Waals surface area contributed by atoms with Crippen LogP contribution in [0.5, 0.6) is 0 Å². The van der Waals surface area contributed by atoms with Crippen LogP contribution in [-0.2, 0) is 9.53 Å². The van der Waals surface area contributed by atoms with Crippen LogP contribution in [0.3, 0.4) is 0 Å². The fourth-order valence-corrected chi connectivity index (χ4v) is 2.88. The minimum Gasteiger partial charge on any atom is -0.452 e. The van der Waals surface area contributed by atoms with Gasteiger partial charge in [-0.15, -0.1) is 0 Å². The lowest BCUT2D eigenvalue weighted by molar-refractivity contribution is -0.124. The Morgan fingerprint density at radius 1 is 1.00 bits per heavy atom. The number of nitrogens with one attached hydrogen (secondary N) is 1. The largest absolute Gasteiger partial charge is 0.452 e. The molecule has 0 saturated heterocycles. The molecule has 0 aliphatic heterocycles. The Morgan fingerprint density at radius 3 is 2.41 bits per heavy atom. The van der Waals surface area contributed by atoms with Crippen molar-refractivity contribution >= 4 is 22.6 Å². The van der Waals surface area contributed by atoms with Crippen LogP contribution in [0.25, 0.3) is 10.8 Å². The summed E-state index contributed by atoms with van der Waals surface area (Å²) in [5.41, 5.74) is 0.641. The first-order valence-corrected chi connectivity index (χ1v) is 8.34. The number of carbonyl (C=O) groups excluding carboxylic acids is 2. The topological polar surface area (TPSA) is 55.4 Å². The summed E-state index contributed by atoms with van der Waals surface area (Å²) in [6.07, 6.45) is 0. The molecule has 0 aliphatic rings. The third-order valence-electron chi connectivity index (χ3n) is 4.10. The van der Waals surface area contributed by atoms with Crippen molar-refractivity contribution in [1.82, 2.24) is 5.32 Å². The molecule has 0 spiro atoms. The summed E-state index contributed by atoms with van der Waals surface area (Å²) in [4.78, 5) is 23.9. The molecule has 1 amide bonds. The molecular formula is C21H17F2NO3. The third-order valence-corrected chi connectivity index (χ3v) is 4.10. The number of halogens is 2. The smallest absolute Gasteiger partial charge is 0.338 e. The molecule has 1 N–H and O–H groups in total. The van der Waals surface area contributed by atoms with E-state index in [0.29, 0.717) is 6.07 Å². The Kier molecular flexibility index (Phi) is 5.45. The minimum absolute atomic E-state index is 0.289. The lowest BCUT2D eigenvalue weighted by Crippen LogP contribution is -2.31. The maximum atomic E-state index is 13.1. The number of fused-ring (bicyclic) bond motifs is 1. The van der Waals surface area contributed by atoms with Crippen LogP contribution >= 0.6 is 0 Å². The van der Waals surface area contributed by atoms with Gasteiger partial charge < -0.3 is 10.1 Å². The van der Waals surface area contributed by atoms with E-state index in [9.17, 15) is 18.4 Å². The molecule has 0 fully saturated rings. The zero-order valence-electron chi connectivity index (χ0n) is 14.5. The average Bonchev–Trinajstić information content (AvgIpc) is 2.64. The van der Waals surface area contributed by atoms with Crippen LogP contribution in [0.2, 0.25) is 0 Å². The fraction of sp³-hybridized carbons (Fsp3) is 0.143. The molecule has 0 radical (unpaired) electrons. The van der Waals surface area contributed by atoms with E-state index in [1.165, 1.54) is 0 Å². The number of amides is 1. The van der Waals surface area contributed by atoms with Gasteiger partial charge in [-0.3, -0.25) is 4.79 Å². The zero-order chi connectivity index (χ0) is 19.4. The van der Waals surface area contributed by atoms with E-state index in [0.717, 1.165) is 28.5 Å². The summed E-state index contributed by atoms with van der Waals surface area (Å²) >= 11 is 0. The van der Waals surface area contributed by atoms with E-state index in [4.69, 9.17) is 4.74 Å². The Balaban J connectivity index is 1.62. The van der Waals surface area contributed by atoms with Crippen LogP contribution < -0.4 is 5.32 Å². The van der Waals surface area contributed by atoms with E-state index >= 15 is 0 Å². The van der Waals surface area contributed by atoms with Crippen molar-refractivity contribution in [2.75, 3.05) is 6.61 Å². The van der Waals surface area contributed by atoms with Crippen LogP contribution in [0.15, 0.2) is 60.7 Å². The van der Waals surface area contributed by atoms with Gasteiger partial charge in [-0.25, -0.2) is 13.6 Å². The molecule has 0 aromatic heterocycles. The summed E-state index contributed by atoms with van der Waals surface area (Å²) < 4.78 is 31.1. The van der Waals surface area contributed by atoms with Gasteiger partial charge in [0.05, 0.1) is 11.6 Å². The van der Waals surface area contributed by atoms with Crippen LogP contribution in [-0.4, -0.2) is 18.5 Å². The van der Waals surface area contributed by atoms with Crippen molar-refractivity contribution in [3.05, 3.63) is 83.4 Å². The number of rotatable bonds is 5. The van der Waals surface area contributed by atoms with Gasteiger partial charge in [0.25, 0.3) is 5.91 Å². The van der Waals surface area contributed by atoms with Crippen molar-refractivity contribution in [3.8, 4) is 0 Å². The van der Waals surface area contributed by atoms with E-state index in [-0.39, 0.29) is 11.6 Å². The lowest BCUT2D eigenvalue weighted by atomic mass is 10.00. The van der Waals surface area contributed by atoms with E-state index in [1.54, 1.807) is 0 Å². The number of hydrogen-bond acceptors (Lipinski definition) is 3. The second-order valence-corrected chi connectivity index (χ2v) is 6.09. The molecule has 3 aromatic carbocycles. The Labute approximate surface area is 154 Å². The molecule has 0 unspecified atom stereocenters. The van der Waals surface area contributed by atoms with Crippen molar-refractivity contribution in [3.63, 3.8) is 0 Å². The standard InChI is InChI=1S/C21H17F2NO3/c1-13(18-8-4-6-14-5-2-3-7-19(14)18)24-20(25)12-27-21(26)15-9-16(22)11-17(23)10-15/h2-11,13H,12H2,1H3,(H,24,25)/t13-/m0/s1. The molecule has 1 atom stereocenters. The van der Waals surface area contributed by atoms with Gasteiger partial charge in [-0.05, 0) is 35.4 Å². The van der Waals surface area contributed by atoms with Gasteiger partial charge in [0.2, 0.25) is 0 Å². The quantitative estimate of drug-likeness (QED) is 0.688. The molecule has 0 bridgehead atoms. The number of ether oxygens (including phenoxy) is 1. The lowest BCUT2D eigenvalue weighted by Gasteiger charge is -2.16. The first kappa shape index (κ1) is 18.5. The maximum absolute atomic E-state index is 13.1. The average molecular weight is 369 g/mol. The van der Waals surface area contributed by atoms with Gasteiger partial charge >= 0.3 is 5.97 Å². The molecule has 0 saturated carbocycles. The second kappa shape index (κ2) is 7.95. The summed E-state index contributed by atoms with van der Waals surface area (Å²) in [5.74, 6) is -3.27. The highest BCUT2D eigenvalue weighted by atomic mass is 19.1. The first-order valence-electron chi connectivity index (χ1n) is 8.34. The summed E-state index contributed by atoms with van der Waals surface area (Å²) in [6.45, 7) is 1.27. The van der Waals surface area contributed by atoms with E-state index < -0.39 is 30.1 Å². The molecule has 3 rings (SSSR count). The molecule has 0 heterocycles. The number of benzene rings is 3. The Hall–Kier alpha value is -3.28. The number of hydrogen-bond donors (Lipinski definition) is 1. The molecule has 4 nitrogen and oxygen atoms in total. The van der Waals surface area contributed by atoms with Gasteiger partial charge in [0.1, 0.15) is 11.6 Å². The highest BCUT2D eigenvalue weighted by Gasteiger charge is 2.15. The summed E-state index contributed by atoms with van der Waals surface area (Å²) in [7, 11) is 0. The van der Waals surface area contributed by atoms with Crippen LogP contribution in [0.4, 0.5) is 8.78 Å². The van der Waals surface area contributed by atoms with E-state index in [2.05, 4.69) is 5.32 Å². The predicted molar refractivity (Wildman–Crippen MR) is 97.1 cm³/mol. The molecule has 6 heteroatoms. The Bertz CT molecular complexity index is 978. The van der Waals surface area contributed by atoms with Crippen molar-refractivity contribution in [1.29, 1.82) is 0 Å². The number of esters is 1. The second-order valence-electron chi connectivity index (χ2n) is 6.09. The van der Waals surface area contributed by atoms with Crippen molar-refractivity contribution < 1.29 is 23.1 Å². The van der Waals surface area contributed by atoms with Gasteiger partial charge in [0, 0.05) is 6.07 Å². The van der Waals surface area contributed by atoms with Crippen molar-refractivity contribution in [2.24, 2.45) is 0 Å². The molecular weight excluding hydrogens is 352 g/mol. The maximum Gasteiger partial charge on any atom is 0.338 e. The molecule has 138 valence electrons. The van der Waals surface area contributed by atoms with Gasteiger partial charge in [0.15, 0.2) is 6.61 Å². The van der Waals surface area contributed by atoms with Crippen molar-refractivity contribution in [2.45, 2.75) is 13.0 Å². The molecule has 0 aliphatic carbocycles. The molecule has 3 aromatic rings. The fourth-order valence-electron chi connectivity index (χ4n) is 2.88. The minimum atomic E-state index is -0.971. The SMILES string of the molecule is C[C@H](NC(=O)COC(=O)c1cc(F)cc(F)c1)c1cccc2ccccc12. The first-order chi connectivity index (χ1) is 12.9. The van der Waals surface area contributed by atoms with Gasteiger partial charge in [-0.2, -0.15) is 0 Å². The van der Waals surface area contributed by atoms with E-state index in [1.807, 2.05) is 49.4 Å². The summed E-state index contributed by atoms with van der Waals surface area (Å²) in [5, 5.41) is 4.82. The number of carbonyl (C=O) groups is 2. The highest BCUT2D eigenvalue weighted by Crippen LogP contribution is 2.23. The summed E-state index contributed by atoms with van der Waals surface area (Å²) in [6, 6.07) is 15.6. The predicted octanol–water partition coefficient (Wildman–Crippen LogP) is 4.15. The monoisotopic (exact) mass is 369 g/mol. The highest BCUT2D eigenvalue weighted by molar-refractivity contribution is 5.91. The van der Waals surface area contributed by atoms with Gasteiger partial charge in [-0.1, -0.05) is 42.5 Å². The zero-order valence-corrected chi connectivity index (χ0v) is 14.5. The Morgan fingerprint density at radius 2 is 1.67 bits per heavy atom. The third kappa shape index (κ3) is 4.47. The van der Waals surface area contributed by atoms with Crippen LogP contribution in [0, 0.1) is 11.6 Å². The van der Waals surface area contributed by atoms with Crippen LogP contribution in [0.1, 0.15) is 28.9 Å².